The monoisotopic (exact) mass is 366 g/mol. The molecule has 1 heterocycles. The van der Waals surface area contributed by atoms with Gasteiger partial charge >= 0.3 is 6.03 Å². The Labute approximate surface area is 149 Å². The lowest BCUT2D eigenvalue weighted by atomic mass is 10.0. The number of nitrogens with one attached hydrogen (secondary N) is 2. The molecule has 2 N–H and O–H groups in total. The van der Waals surface area contributed by atoms with Crippen molar-refractivity contribution in [1.29, 1.82) is 0 Å². The molecule has 2 aliphatic carbocycles. The molecule has 138 valence electrons. The maximum absolute atomic E-state index is 12.4. The van der Waals surface area contributed by atoms with Gasteiger partial charge in [0.25, 0.3) is 0 Å². The third-order valence-electron chi connectivity index (χ3n) is 5.04. The van der Waals surface area contributed by atoms with Crippen LogP contribution in [0, 0.1) is 0 Å². The van der Waals surface area contributed by atoms with Crippen LogP contribution in [-0.4, -0.2) is 32.9 Å². The molecule has 0 aromatic carbocycles. The summed E-state index contributed by atoms with van der Waals surface area (Å²) in [6.07, 6.45) is 9.59. The summed E-state index contributed by atoms with van der Waals surface area (Å²) in [6.45, 7) is 4.67. The second-order valence-electron chi connectivity index (χ2n) is 6.87. The Morgan fingerprint density at radius 2 is 2.04 bits per heavy atom. The van der Waals surface area contributed by atoms with Crippen molar-refractivity contribution in [3.05, 3.63) is 35.1 Å². The van der Waals surface area contributed by atoms with Gasteiger partial charge in [-0.25, -0.2) is 17.9 Å². The van der Waals surface area contributed by atoms with Crippen molar-refractivity contribution in [2.45, 2.75) is 56.6 Å². The van der Waals surface area contributed by atoms with Crippen LogP contribution in [0.15, 0.2) is 35.1 Å². The molecule has 0 bridgehead atoms. The molecule has 1 aliphatic heterocycles. The fraction of sp³-hybridized carbons (Fsp3) is 0.611. The Morgan fingerprint density at radius 1 is 1.20 bits per heavy atom. The highest BCUT2D eigenvalue weighted by molar-refractivity contribution is 7.90. The Morgan fingerprint density at radius 3 is 2.80 bits per heavy atom. The molecule has 0 spiro atoms. The SMILES string of the molecule is C=C1CCCC/C=C2/CCC/C2=C/1NC(=O)NS(=O)(=O)C1CCOC1. The molecule has 2 fully saturated rings. The van der Waals surface area contributed by atoms with E-state index in [2.05, 4.69) is 22.7 Å². The molecular formula is C18H26N2O4S. The van der Waals surface area contributed by atoms with Crippen LogP contribution in [0.5, 0.6) is 0 Å². The van der Waals surface area contributed by atoms with Crippen LogP contribution in [0.25, 0.3) is 0 Å². The number of fused-ring (bicyclic) bond motifs is 1. The molecule has 25 heavy (non-hydrogen) atoms. The van der Waals surface area contributed by atoms with Crippen LogP contribution in [0.3, 0.4) is 0 Å². The summed E-state index contributed by atoms with van der Waals surface area (Å²) < 4.78 is 31.8. The number of hydrogen-bond donors (Lipinski definition) is 2. The van der Waals surface area contributed by atoms with Gasteiger partial charge in [0.15, 0.2) is 0 Å². The number of allylic oxidation sites excluding steroid dienone is 4. The molecule has 6 nitrogen and oxygen atoms in total. The number of urea groups is 1. The van der Waals surface area contributed by atoms with Gasteiger partial charge < -0.3 is 10.1 Å². The molecule has 1 atom stereocenters. The van der Waals surface area contributed by atoms with Crippen molar-refractivity contribution in [2.75, 3.05) is 13.2 Å². The van der Waals surface area contributed by atoms with Gasteiger partial charge in [0, 0.05) is 12.3 Å². The highest BCUT2D eigenvalue weighted by atomic mass is 32.2. The normalized spacial score (nSPS) is 29.8. The van der Waals surface area contributed by atoms with Gasteiger partial charge in [-0.1, -0.05) is 12.7 Å². The summed E-state index contributed by atoms with van der Waals surface area (Å²) in [6, 6.07) is -0.707. The minimum atomic E-state index is -3.73. The summed E-state index contributed by atoms with van der Waals surface area (Å²) >= 11 is 0. The first-order chi connectivity index (χ1) is 12.0. The number of rotatable bonds is 3. The summed E-state index contributed by atoms with van der Waals surface area (Å²) in [5, 5.41) is 2.12. The van der Waals surface area contributed by atoms with E-state index in [4.69, 9.17) is 4.74 Å². The molecule has 2 amide bonds. The highest BCUT2D eigenvalue weighted by Crippen LogP contribution is 2.36. The predicted octanol–water partition coefficient (Wildman–Crippen LogP) is 2.90. The number of hydrogen-bond acceptors (Lipinski definition) is 4. The molecule has 1 saturated heterocycles. The van der Waals surface area contributed by atoms with Crippen molar-refractivity contribution in [3.63, 3.8) is 0 Å². The second-order valence-corrected chi connectivity index (χ2v) is 8.83. The van der Waals surface area contributed by atoms with E-state index < -0.39 is 21.3 Å². The number of ether oxygens (including phenoxy) is 1. The fourth-order valence-corrected chi connectivity index (χ4v) is 4.81. The molecule has 0 aromatic rings. The molecule has 0 aromatic heterocycles. The van der Waals surface area contributed by atoms with Crippen molar-refractivity contribution < 1.29 is 17.9 Å². The van der Waals surface area contributed by atoms with E-state index in [9.17, 15) is 13.2 Å². The Hall–Kier alpha value is -1.60. The van der Waals surface area contributed by atoms with Crippen molar-refractivity contribution in [3.8, 4) is 0 Å². The summed E-state index contributed by atoms with van der Waals surface area (Å²) in [5.74, 6) is 0. The van der Waals surface area contributed by atoms with Gasteiger partial charge in [-0.2, -0.15) is 0 Å². The fourth-order valence-electron chi connectivity index (χ4n) is 3.65. The van der Waals surface area contributed by atoms with Gasteiger partial charge in [0.1, 0.15) is 5.25 Å². The smallest absolute Gasteiger partial charge is 0.332 e. The van der Waals surface area contributed by atoms with E-state index in [1.54, 1.807) is 0 Å². The average Bonchev–Trinajstić information content (AvgIpc) is 3.22. The van der Waals surface area contributed by atoms with Gasteiger partial charge in [-0.05, 0) is 68.1 Å². The predicted molar refractivity (Wildman–Crippen MR) is 96.4 cm³/mol. The molecule has 3 aliphatic rings. The Bertz CT molecular complexity index is 715. The summed E-state index contributed by atoms with van der Waals surface area (Å²) in [7, 11) is -3.73. The van der Waals surface area contributed by atoms with Crippen molar-refractivity contribution in [1.82, 2.24) is 10.0 Å². The van der Waals surface area contributed by atoms with Crippen molar-refractivity contribution in [2.24, 2.45) is 0 Å². The van der Waals surface area contributed by atoms with Gasteiger partial charge in [0.2, 0.25) is 10.0 Å². The third kappa shape index (κ3) is 4.33. The maximum Gasteiger partial charge on any atom is 0.332 e. The Balaban J connectivity index is 1.77. The lowest BCUT2D eigenvalue weighted by Gasteiger charge is -2.18. The lowest BCUT2D eigenvalue weighted by Crippen LogP contribution is -2.44. The molecule has 3 rings (SSSR count). The van der Waals surface area contributed by atoms with Gasteiger partial charge in [0.05, 0.1) is 6.61 Å². The summed E-state index contributed by atoms with van der Waals surface area (Å²) in [5.41, 5.74) is 3.97. The molecule has 0 radical (unpaired) electrons. The molecule has 1 unspecified atom stereocenters. The molecule has 7 heteroatoms. The molecular weight excluding hydrogens is 340 g/mol. The van der Waals surface area contributed by atoms with Crippen LogP contribution in [-0.2, 0) is 14.8 Å². The topological polar surface area (TPSA) is 84.5 Å². The van der Waals surface area contributed by atoms with Crippen LogP contribution in [0.2, 0.25) is 0 Å². The maximum atomic E-state index is 12.4. The minimum Gasteiger partial charge on any atom is -0.380 e. The number of amides is 2. The van der Waals surface area contributed by atoms with Gasteiger partial charge in [-0.15, -0.1) is 0 Å². The van der Waals surface area contributed by atoms with Crippen LogP contribution < -0.4 is 10.0 Å². The van der Waals surface area contributed by atoms with Crippen LogP contribution >= 0.6 is 0 Å². The Kier molecular flexibility index (Phi) is 5.64. The van der Waals surface area contributed by atoms with Crippen LogP contribution in [0.1, 0.15) is 51.4 Å². The first kappa shape index (κ1) is 18.2. The third-order valence-corrected chi connectivity index (χ3v) is 6.76. The van der Waals surface area contributed by atoms with Gasteiger partial charge in [-0.3, -0.25) is 0 Å². The van der Waals surface area contributed by atoms with E-state index in [1.807, 2.05) is 0 Å². The summed E-state index contributed by atoms with van der Waals surface area (Å²) in [4.78, 5) is 12.4. The number of sulfonamides is 1. The zero-order valence-electron chi connectivity index (χ0n) is 14.5. The first-order valence-electron chi connectivity index (χ1n) is 8.98. The average molecular weight is 366 g/mol. The van der Waals surface area contributed by atoms with E-state index in [0.29, 0.717) is 18.7 Å². The number of carbonyl (C=O) groups is 1. The second kappa shape index (κ2) is 7.74. The standard InChI is InChI=1S/C18H26N2O4S/c1-13-6-3-2-4-7-14-8-5-9-16(14)17(13)19-18(21)20-25(22,23)15-10-11-24-12-15/h7,15H,1-6,8-12H2,(H2,19,20,21)/b14-7-,17-16+. The van der Waals surface area contributed by atoms with E-state index in [0.717, 1.165) is 56.1 Å². The highest BCUT2D eigenvalue weighted by Gasteiger charge is 2.31. The first-order valence-corrected chi connectivity index (χ1v) is 10.5. The van der Waals surface area contributed by atoms with Crippen LogP contribution in [0.4, 0.5) is 4.79 Å². The quantitative estimate of drug-likeness (QED) is 0.804. The zero-order chi connectivity index (χ0) is 17.9. The van der Waals surface area contributed by atoms with Crippen molar-refractivity contribution >= 4 is 16.1 Å². The van der Waals surface area contributed by atoms with E-state index in [-0.39, 0.29) is 6.61 Å². The van der Waals surface area contributed by atoms with E-state index in [1.165, 1.54) is 5.57 Å². The largest absolute Gasteiger partial charge is 0.380 e. The minimum absolute atomic E-state index is 0.135. The molecule has 1 saturated carbocycles. The number of carbonyl (C=O) groups excluding carboxylic acids is 1. The van der Waals surface area contributed by atoms with E-state index >= 15 is 0 Å². The zero-order valence-corrected chi connectivity index (χ0v) is 15.3. The lowest BCUT2D eigenvalue weighted by molar-refractivity contribution is 0.198.